The second-order valence-corrected chi connectivity index (χ2v) is 5.32. The van der Waals surface area contributed by atoms with Crippen molar-refractivity contribution < 1.29 is 9.84 Å². The molecule has 0 unspecified atom stereocenters. The molecule has 1 aliphatic rings. The highest BCUT2D eigenvalue weighted by Gasteiger charge is 2.43. The Morgan fingerprint density at radius 3 is 2.20 bits per heavy atom. The van der Waals surface area contributed by atoms with E-state index < -0.39 is 0 Å². The molecule has 3 heteroatoms. The van der Waals surface area contributed by atoms with Gasteiger partial charge in [0.1, 0.15) is 0 Å². The molecule has 15 heavy (non-hydrogen) atoms. The first-order valence-electron chi connectivity index (χ1n) is 5.98. The van der Waals surface area contributed by atoms with E-state index >= 15 is 0 Å². The molecule has 2 N–H and O–H groups in total. The quantitative estimate of drug-likeness (QED) is 0.745. The van der Waals surface area contributed by atoms with Crippen molar-refractivity contribution in [2.75, 3.05) is 7.05 Å². The number of likely N-dealkylation sites (N-methyl/N-ethyl adjacent to an activating group) is 1. The average molecular weight is 215 g/mol. The number of hydrogen-bond acceptors (Lipinski definition) is 3. The Labute approximate surface area is 93.2 Å². The summed E-state index contributed by atoms with van der Waals surface area (Å²) in [6, 6.07) is 0.0775. The van der Waals surface area contributed by atoms with Gasteiger partial charge >= 0.3 is 0 Å². The van der Waals surface area contributed by atoms with Crippen molar-refractivity contribution in [3.63, 3.8) is 0 Å². The van der Waals surface area contributed by atoms with E-state index in [-0.39, 0.29) is 24.4 Å². The fourth-order valence-corrected chi connectivity index (χ4v) is 2.36. The van der Waals surface area contributed by atoms with Crippen LogP contribution in [0.5, 0.6) is 0 Å². The van der Waals surface area contributed by atoms with Crippen LogP contribution in [0, 0.1) is 11.8 Å². The Morgan fingerprint density at radius 1 is 1.27 bits per heavy atom. The fourth-order valence-electron chi connectivity index (χ4n) is 2.36. The molecule has 0 radical (unpaired) electrons. The van der Waals surface area contributed by atoms with E-state index in [4.69, 9.17) is 4.74 Å². The normalized spacial score (nSPS) is 36.8. The maximum atomic E-state index is 10.1. The summed E-state index contributed by atoms with van der Waals surface area (Å²) in [7, 11) is 1.89. The lowest BCUT2D eigenvalue weighted by molar-refractivity contribution is -0.0162. The van der Waals surface area contributed by atoms with Crippen LogP contribution in [0.25, 0.3) is 0 Å². The van der Waals surface area contributed by atoms with Gasteiger partial charge in [-0.25, -0.2) is 0 Å². The van der Waals surface area contributed by atoms with Crippen LogP contribution < -0.4 is 5.32 Å². The highest BCUT2D eigenvalue weighted by molar-refractivity contribution is 4.96. The van der Waals surface area contributed by atoms with Crippen molar-refractivity contribution in [3.8, 4) is 0 Å². The number of aliphatic hydroxyl groups excluding tert-OH is 1. The first kappa shape index (κ1) is 12.9. The van der Waals surface area contributed by atoms with E-state index in [1.165, 1.54) is 0 Å². The molecule has 1 saturated heterocycles. The Kier molecular flexibility index (Phi) is 4.56. The first-order valence-corrected chi connectivity index (χ1v) is 5.98. The zero-order valence-corrected chi connectivity index (χ0v) is 10.5. The molecule has 0 saturated carbocycles. The number of hydrogen-bond donors (Lipinski definition) is 2. The van der Waals surface area contributed by atoms with Crippen molar-refractivity contribution in [2.45, 2.75) is 58.5 Å². The summed E-state index contributed by atoms with van der Waals surface area (Å²) in [5, 5.41) is 13.3. The van der Waals surface area contributed by atoms with Crippen LogP contribution in [-0.4, -0.2) is 36.5 Å². The van der Waals surface area contributed by atoms with Crippen LogP contribution in [0.15, 0.2) is 0 Å². The van der Waals surface area contributed by atoms with Crippen LogP contribution in [0.3, 0.4) is 0 Å². The minimum atomic E-state index is -0.371. The topological polar surface area (TPSA) is 41.5 Å². The van der Waals surface area contributed by atoms with E-state index in [0.717, 1.165) is 6.42 Å². The van der Waals surface area contributed by atoms with Gasteiger partial charge < -0.3 is 15.2 Å². The van der Waals surface area contributed by atoms with Crippen LogP contribution in [0.1, 0.15) is 34.1 Å². The summed E-state index contributed by atoms with van der Waals surface area (Å²) in [6.07, 6.45) is 0.691. The van der Waals surface area contributed by atoms with E-state index in [0.29, 0.717) is 11.8 Å². The van der Waals surface area contributed by atoms with Crippen LogP contribution in [-0.2, 0) is 4.74 Å². The molecule has 0 aromatic rings. The van der Waals surface area contributed by atoms with Gasteiger partial charge in [-0.2, -0.15) is 0 Å². The summed E-state index contributed by atoms with van der Waals surface area (Å²) in [5.74, 6) is 1.00. The summed E-state index contributed by atoms with van der Waals surface area (Å²) in [4.78, 5) is 0. The Morgan fingerprint density at radius 2 is 1.87 bits per heavy atom. The molecule has 0 amide bonds. The zero-order chi connectivity index (χ0) is 11.6. The molecular weight excluding hydrogens is 190 g/mol. The minimum Gasteiger partial charge on any atom is -0.389 e. The van der Waals surface area contributed by atoms with E-state index in [1.807, 2.05) is 7.05 Å². The zero-order valence-electron chi connectivity index (χ0n) is 10.5. The van der Waals surface area contributed by atoms with Crippen LogP contribution >= 0.6 is 0 Å². The van der Waals surface area contributed by atoms with E-state index in [9.17, 15) is 5.11 Å². The third kappa shape index (κ3) is 2.92. The molecule has 3 nitrogen and oxygen atoms in total. The number of nitrogens with one attached hydrogen (secondary N) is 1. The highest BCUT2D eigenvalue weighted by Crippen LogP contribution is 2.29. The molecule has 1 heterocycles. The van der Waals surface area contributed by atoms with Crippen LogP contribution in [0.4, 0.5) is 0 Å². The third-order valence-electron chi connectivity index (χ3n) is 3.13. The second-order valence-electron chi connectivity index (χ2n) is 5.32. The number of ether oxygens (including phenoxy) is 1. The Hall–Kier alpha value is -0.120. The average Bonchev–Trinajstić information content (AvgIpc) is 2.43. The molecule has 4 atom stereocenters. The fraction of sp³-hybridized carbons (Fsp3) is 1.00. The predicted molar refractivity (Wildman–Crippen MR) is 61.8 cm³/mol. The molecule has 90 valence electrons. The second kappa shape index (κ2) is 5.28. The van der Waals surface area contributed by atoms with Crippen molar-refractivity contribution in [2.24, 2.45) is 11.8 Å². The van der Waals surface area contributed by atoms with Crippen molar-refractivity contribution >= 4 is 0 Å². The van der Waals surface area contributed by atoms with Crippen molar-refractivity contribution in [1.29, 1.82) is 0 Å². The largest absolute Gasteiger partial charge is 0.389 e. The maximum absolute atomic E-state index is 10.1. The standard InChI is InChI=1S/C12H25NO2/c1-7(2)6-9-11(14)10(13-5)12(15-9)8(3)4/h7-14H,6H2,1-5H3/t9-,10-,11-,12+/m1/s1. The first-order chi connectivity index (χ1) is 6.97. The molecule has 0 aromatic heterocycles. The van der Waals surface area contributed by atoms with Crippen molar-refractivity contribution in [1.82, 2.24) is 5.32 Å². The highest BCUT2D eigenvalue weighted by atomic mass is 16.5. The van der Waals surface area contributed by atoms with Gasteiger partial charge in [-0.05, 0) is 25.3 Å². The lowest BCUT2D eigenvalue weighted by Gasteiger charge is -2.22. The van der Waals surface area contributed by atoms with Gasteiger partial charge in [-0.15, -0.1) is 0 Å². The third-order valence-corrected chi connectivity index (χ3v) is 3.13. The van der Waals surface area contributed by atoms with Gasteiger partial charge in [0.15, 0.2) is 0 Å². The lowest BCUT2D eigenvalue weighted by atomic mass is 9.94. The number of aliphatic hydroxyl groups is 1. The van der Waals surface area contributed by atoms with E-state index in [2.05, 4.69) is 33.0 Å². The monoisotopic (exact) mass is 215 g/mol. The molecule has 0 aliphatic carbocycles. The summed E-state index contributed by atoms with van der Waals surface area (Å²) >= 11 is 0. The summed E-state index contributed by atoms with van der Waals surface area (Å²) in [5.41, 5.74) is 0. The molecule has 0 spiro atoms. The van der Waals surface area contributed by atoms with E-state index in [1.54, 1.807) is 0 Å². The van der Waals surface area contributed by atoms with Gasteiger partial charge in [0.05, 0.1) is 24.4 Å². The van der Waals surface area contributed by atoms with Gasteiger partial charge in [0, 0.05) is 0 Å². The summed E-state index contributed by atoms with van der Waals surface area (Å²) in [6.45, 7) is 8.60. The van der Waals surface area contributed by atoms with Gasteiger partial charge in [0.25, 0.3) is 0 Å². The SMILES string of the molecule is CN[C@@H]1[C@H](O)[C@@H](CC(C)C)O[C@H]1C(C)C. The van der Waals surface area contributed by atoms with Crippen molar-refractivity contribution in [3.05, 3.63) is 0 Å². The van der Waals surface area contributed by atoms with Gasteiger partial charge in [-0.1, -0.05) is 27.7 Å². The Bertz CT molecular complexity index is 194. The molecule has 1 rings (SSSR count). The number of rotatable bonds is 4. The molecule has 1 aliphatic heterocycles. The lowest BCUT2D eigenvalue weighted by Crippen LogP contribution is -2.44. The molecule has 0 aromatic carbocycles. The molecule has 1 fully saturated rings. The molecular formula is C12H25NO2. The minimum absolute atomic E-state index is 0.00477. The maximum Gasteiger partial charge on any atom is 0.0979 e. The van der Waals surface area contributed by atoms with Gasteiger partial charge in [0.2, 0.25) is 0 Å². The smallest absolute Gasteiger partial charge is 0.0979 e. The van der Waals surface area contributed by atoms with Gasteiger partial charge in [-0.3, -0.25) is 0 Å². The van der Waals surface area contributed by atoms with Crippen LogP contribution in [0.2, 0.25) is 0 Å². The summed E-state index contributed by atoms with van der Waals surface area (Å²) < 4.78 is 5.94. The molecule has 0 bridgehead atoms. The predicted octanol–water partition coefficient (Wildman–Crippen LogP) is 1.40. The Balaban J connectivity index is 2.64.